The minimum atomic E-state index is -0.497. The maximum absolute atomic E-state index is 10.6. The lowest BCUT2D eigenvalue weighted by Gasteiger charge is -2.16. The van der Waals surface area contributed by atoms with Gasteiger partial charge in [0.15, 0.2) is 0 Å². The van der Waals surface area contributed by atoms with Gasteiger partial charge in [0.1, 0.15) is 6.10 Å². The van der Waals surface area contributed by atoms with Crippen LogP contribution in [0.5, 0.6) is 0 Å². The molecule has 19 heavy (non-hydrogen) atoms. The van der Waals surface area contributed by atoms with Gasteiger partial charge in [0.2, 0.25) is 0 Å². The highest BCUT2D eigenvalue weighted by molar-refractivity contribution is 5.40. The molecule has 2 aromatic carbocycles. The van der Waals surface area contributed by atoms with E-state index in [9.17, 15) is 5.11 Å². The maximum atomic E-state index is 10.6. The van der Waals surface area contributed by atoms with E-state index in [4.69, 9.17) is 0 Å². The Balaban J connectivity index is 1.92. The van der Waals surface area contributed by atoms with Crippen LogP contribution in [0.2, 0.25) is 0 Å². The van der Waals surface area contributed by atoms with Crippen LogP contribution < -0.4 is 0 Å². The van der Waals surface area contributed by atoms with E-state index < -0.39 is 6.10 Å². The normalized spacial score (nSPS) is 16.3. The molecule has 0 aromatic heterocycles. The molecule has 1 nitrogen and oxygen atoms in total. The molecule has 0 radical (unpaired) electrons. The Morgan fingerprint density at radius 2 is 1.74 bits per heavy atom. The first-order valence-electron chi connectivity index (χ1n) is 7.15. The third-order valence-corrected chi connectivity index (χ3v) is 4.01. The van der Waals surface area contributed by atoms with E-state index in [0.717, 1.165) is 17.5 Å². The van der Waals surface area contributed by atoms with Crippen LogP contribution >= 0.6 is 0 Å². The molecule has 1 aliphatic rings. The summed E-state index contributed by atoms with van der Waals surface area (Å²) in [7, 11) is 0. The van der Waals surface area contributed by atoms with Gasteiger partial charge in [-0.25, -0.2) is 0 Å². The molecule has 2 aromatic rings. The fourth-order valence-corrected chi connectivity index (χ4v) is 2.64. The highest BCUT2D eigenvalue weighted by Gasteiger charge is 2.27. The van der Waals surface area contributed by atoms with Crippen LogP contribution in [0.1, 0.15) is 54.0 Å². The molecule has 1 atom stereocenters. The lowest BCUT2D eigenvalue weighted by atomic mass is 9.94. The van der Waals surface area contributed by atoms with E-state index in [2.05, 4.69) is 37.3 Å². The molecule has 1 fully saturated rings. The first-order valence-corrected chi connectivity index (χ1v) is 7.15. The molecule has 1 saturated carbocycles. The van der Waals surface area contributed by atoms with Crippen LogP contribution in [0.4, 0.5) is 0 Å². The standard InChI is InChI=1S/C18H20O/c1-2-13-7-9-15(10-8-13)18(19)17-6-4-3-5-16(17)14-11-12-14/h3-10,14,18-19H,2,11-12H2,1H3. The topological polar surface area (TPSA) is 20.2 Å². The zero-order chi connectivity index (χ0) is 13.2. The van der Waals surface area contributed by atoms with Crippen molar-refractivity contribution in [2.24, 2.45) is 0 Å². The summed E-state index contributed by atoms with van der Waals surface area (Å²) in [5.74, 6) is 0.667. The fourth-order valence-electron chi connectivity index (χ4n) is 2.64. The molecule has 3 rings (SSSR count). The van der Waals surface area contributed by atoms with Gasteiger partial charge in [0, 0.05) is 0 Å². The van der Waals surface area contributed by atoms with E-state index in [-0.39, 0.29) is 0 Å². The summed E-state index contributed by atoms with van der Waals surface area (Å²) in [4.78, 5) is 0. The number of aryl methyl sites for hydroxylation is 1. The third-order valence-electron chi connectivity index (χ3n) is 4.01. The summed E-state index contributed by atoms with van der Waals surface area (Å²) in [5.41, 5.74) is 4.71. The summed E-state index contributed by atoms with van der Waals surface area (Å²) in [5, 5.41) is 10.6. The first-order chi connectivity index (χ1) is 9.29. The molecule has 0 heterocycles. The highest BCUT2D eigenvalue weighted by Crippen LogP contribution is 2.43. The van der Waals surface area contributed by atoms with Crippen molar-refractivity contribution in [1.82, 2.24) is 0 Å². The van der Waals surface area contributed by atoms with Crippen LogP contribution in [0.3, 0.4) is 0 Å². The van der Waals surface area contributed by atoms with Gasteiger partial charge in [-0.3, -0.25) is 0 Å². The van der Waals surface area contributed by atoms with Gasteiger partial charge in [-0.15, -0.1) is 0 Å². The maximum Gasteiger partial charge on any atom is 0.104 e. The summed E-state index contributed by atoms with van der Waals surface area (Å²) in [6, 6.07) is 16.6. The van der Waals surface area contributed by atoms with Crippen LogP contribution in [-0.2, 0) is 6.42 Å². The number of aliphatic hydroxyl groups is 1. The highest BCUT2D eigenvalue weighted by atomic mass is 16.3. The van der Waals surface area contributed by atoms with Gasteiger partial charge < -0.3 is 5.11 Å². The second-order valence-electron chi connectivity index (χ2n) is 5.40. The predicted molar refractivity (Wildman–Crippen MR) is 78.3 cm³/mol. The summed E-state index contributed by atoms with van der Waals surface area (Å²) in [6.45, 7) is 2.15. The van der Waals surface area contributed by atoms with Gasteiger partial charge in [0.05, 0.1) is 0 Å². The van der Waals surface area contributed by atoms with Crippen molar-refractivity contribution in [3.05, 3.63) is 70.8 Å². The molecule has 1 N–H and O–H groups in total. The molecular formula is C18H20O. The van der Waals surface area contributed by atoms with Crippen LogP contribution in [0.15, 0.2) is 48.5 Å². The summed E-state index contributed by atoms with van der Waals surface area (Å²) >= 11 is 0. The molecule has 1 aliphatic carbocycles. The zero-order valence-electron chi connectivity index (χ0n) is 11.3. The van der Waals surface area contributed by atoms with Gasteiger partial charge >= 0.3 is 0 Å². The van der Waals surface area contributed by atoms with Crippen molar-refractivity contribution in [2.75, 3.05) is 0 Å². The monoisotopic (exact) mass is 252 g/mol. The van der Waals surface area contributed by atoms with E-state index >= 15 is 0 Å². The number of hydrogen-bond donors (Lipinski definition) is 1. The Labute approximate surface area is 114 Å². The van der Waals surface area contributed by atoms with E-state index in [1.165, 1.54) is 24.0 Å². The van der Waals surface area contributed by atoms with Crippen LogP contribution in [0.25, 0.3) is 0 Å². The van der Waals surface area contributed by atoms with Crippen molar-refractivity contribution >= 4 is 0 Å². The molecule has 0 amide bonds. The second kappa shape index (κ2) is 5.18. The molecular weight excluding hydrogens is 232 g/mol. The lowest BCUT2D eigenvalue weighted by Crippen LogP contribution is -2.03. The van der Waals surface area contributed by atoms with Crippen molar-refractivity contribution in [3.8, 4) is 0 Å². The Morgan fingerprint density at radius 3 is 2.37 bits per heavy atom. The second-order valence-corrected chi connectivity index (χ2v) is 5.40. The Bertz CT molecular complexity index is 552. The van der Waals surface area contributed by atoms with E-state index in [1.807, 2.05) is 18.2 Å². The zero-order valence-corrected chi connectivity index (χ0v) is 11.3. The molecule has 0 aliphatic heterocycles. The van der Waals surface area contributed by atoms with Gasteiger partial charge in [-0.2, -0.15) is 0 Å². The smallest absolute Gasteiger partial charge is 0.104 e. The Hall–Kier alpha value is -1.60. The van der Waals surface area contributed by atoms with E-state index in [1.54, 1.807) is 0 Å². The van der Waals surface area contributed by atoms with E-state index in [0.29, 0.717) is 5.92 Å². The third kappa shape index (κ3) is 2.57. The Morgan fingerprint density at radius 1 is 1.05 bits per heavy atom. The number of rotatable bonds is 4. The Kier molecular flexibility index (Phi) is 3.39. The van der Waals surface area contributed by atoms with Crippen LogP contribution in [0, 0.1) is 0 Å². The minimum absolute atomic E-state index is 0.497. The predicted octanol–water partition coefficient (Wildman–Crippen LogP) is 4.21. The minimum Gasteiger partial charge on any atom is -0.384 e. The quantitative estimate of drug-likeness (QED) is 0.864. The summed E-state index contributed by atoms with van der Waals surface area (Å²) < 4.78 is 0. The molecule has 1 heteroatoms. The largest absolute Gasteiger partial charge is 0.384 e. The van der Waals surface area contributed by atoms with Crippen LogP contribution in [-0.4, -0.2) is 5.11 Å². The molecule has 0 bridgehead atoms. The molecule has 98 valence electrons. The molecule has 1 unspecified atom stereocenters. The number of benzene rings is 2. The lowest BCUT2D eigenvalue weighted by molar-refractivity contribution is 0.219. The average Bonchev–Trinajstić information content (AvgIpc) is 3.31. The first kappa shape index (κ1) is 12.4. The van der Waals surface area contributed by atoms with Crippen molar-refractivity contribution in [2.45, 2.75) is 38.2 Å². The summed E-state index contributed by atoms with van der Waals surface area (Å²) in [6.07, 6.45) is 3.06. The van der Waals surface area contributed by atoms with Crippen molar-refractivity contribution in [3.63, 3.8) is 0 Å². The van der Waals surface area contributed by atoms with Gasteiger partial charge in [-0.05, 0) is 47.4 Å². The number of hydrogen-bond acceptors (Lipinski definition) is 1. The molecule has 0 spiro atoms. The van der Waals surface area contributed by atoms with Crippen molar-refractivity contribution in [1.29, 1.82) is 0 Å². The fraction of sp³-hybridized carbons (Fsp3) is 0.333. The number of aliphatic hydroxyl groups excluding tert-OH is 1. The van der Waals surface area contributed by atoms with Crippen molar-refractivity contribution < 1.29 is 5.11 Å². The average molecular weight is 252 g/mol. The van der Waals surface area contributed by atoms with Gasteiger partial charge in [0.25, 0.3) is 0 Å². The van der Waals surface area contributed by atoms with Gasteiger partial charge in [-0.1, -0.05) is 55.5 Å². The SMILES string of the molecule is CCc1ccc(C(O)c2ccccc2C2CC2)cc1. The molecule has 0 saturated heterocycles.